The van der Waals surface area contributed by atoms with Crippen LogP contribution >= 0.6 is 11.3 Å². The van der Waals surface area contributed by atoms with Gasteiger partial charge in [-0.15, -0.1) is 11.3 Å². The molecule has 5 nitrogen and oxygen atoms in total. The van der Waals surface area contributed by atoms with E-state index >= 15 is 0 Å². The normalized spacial score (nSPS) is 10.5. The van der Waals surface area contributed by atoms with Crippen molar-refractivity contribution < 1.29 is 9.53 Å². The van der Waals surface area contributed by atoms with Crippen LogP contribution in [0.5, 0.6) is 0 Å². The second-order valence-corrected chi connectivity index (χ2v) is 3.77. The highest BCUT2D eigenvalue weighted by molar-refractivity contribution is 7.21. The molecule has 0 saturated carbocycles. The predicted molar refractivity (Wildman–Crippen MR) is 57.8 cm³/mol. The number of anilines is 1. The van der Waals surface area contributed by atoms with Gasteiger partial charge in [-0.25, -0.2) is 14.8 Å². The first-order valence-electron chi connectivity index (χ1n) is 4.40. The van der Waals surface area contributed by atoms with Crippen molar-refractivity contribution in [2.24, 2.45) is 0 Å². The number of aromatic nitrogens is 2. The Kier molecular flexibility index (Phi) is 2.51. The second kappa shape index (κ2) is 3.82. The molecule has 0 aliphatic carbocycles. The molecule has 0 atom stereocenters. The van der Waals surface area contributed by atoms with Crippen LogP contribution in [0.2, 0.25) is 0 Å². The van der Waals surface area contributed by atoms with E-state index < -0.39 is 5.97 Å². The molecular formula is C9H9N3O2S. The average molecular weight is 223 g/mol. The monoisotopic (exact) mass is 223 g/mol. The van der Waals surface area contributed by atoms with E-state index in [0.717, 1.165) is 0 Å². The molecule has 0 radical (unpaired) electrons. The van der Waals surface area contributed by atoms with Crippen LogP contribution < -0.4 is 5.73 Å². The van der Waals surface area contributed by atoms with Gasteiger partial charge in [-0.3, -0.25) is 0 Å². The molecule has 78 valence electrons. The molecule has 15 heavy (non-hydrogen) atoms. The van der Waals surface area contributed by atoms with E-state index in [-0.39, 0.29) is 0 Å². The zero-order chi connectivity index (χ0) is 10.8. The molecule has 0 fully saturated rings. The van der Waals surface area contributed by atoms with Crippen molar-refractivity contribution in [3.8, 4) is 0 Å². The molecule has 0 bridgehead atoms. The highest BCUT2D eigenvalue weighted by atomic mass is 32.1. The quantitative estimate of drug-likeness (QED) is 0.779. The Morgan fingerprint density at radius 1 is 1.53 bits per heavy atom. The Labute approximate surface area is 89.9 Å². The molecule has 0 aliphatic heterocycles. The predicted octanol–water partition coefficient (Wildman–Crippen LogP) is 1.45. The lowest BCUT2D eigenvalue weighted by Gasteiger charge is -1.98. The van der Waals surface area contributed by atoms with Gasteiger partial charge >= 0.3 is 5.97 Å². The molecular weight excluding hydrogens is 214 g/mol. The maximum absolute atomic E-state index is 11.5. The summed E-state index contributed by atoms with van der Waals surface area (Å²) in [4.78, 5) is 20.6. The summed E-state index contributed by atoms with van der Waals surface area (Å²) in [5, 5.41) is 0. The van der Waals surface area contributed by atoms with Gasteiger partial charge in [0, 0.05) is 12.4 Å². The van der Waals surface area contributed by atoms with Gasteiger partial charge in [0.25, 0.3) is 0 Å². The van der Waals surface area contributed by atoms with E-state index in [4.69, 9.17) is 10.5 Å². The van der Waals surface area contributed by atoms with Crippen LogP contribution in [0.1, 0.15) is 16.6 Å². The fraction of sp³-hybridized carbons (Fsp3) is 0.222. The summed E-state index contributed by atoms with van der Waals surface area (Å²) >= 11 is 1.20. The molecule has 0 spiro atoms. The summed E-state index contributed by atoms with van der Waals surface area (Å²) in [6.45, 7) is 2.07. The molecule has 2 aromatic heterocycles. The highest BCUT2D eigenvalue weighted by Gasteiger charge is 2.18. The number of rotatable bonds is 2. The lowest BCUT2D eigenvalue weighted by atomic mass is 10.3. The van der Waals surface area contributed by atoms with Crippen molar-refractivity contribution >= 4 is 33.3 Å². The van der Waals surface area contributed by atoms with Crippen LogP contribution in [-0.4, -0.2) is 22.5 Å². The van der Waals surface area contributed by atoms with Crippen LogP contribution in [0.4, 0.5) is 5.69 Å². The Balaban J connectivity index is 2.53. The Morgan fingerprint density at radius 3 is 2.93 bits per heavy atom. The third kappa shape index (κ3) is 1.63. The first kappa shape index (κ1) is 9.85. The number of thiophene rings is 1. The summed E-state index contributed by atoms with van der Waals surface area (Å²) in [6.07, 6.45) is 3.10. The minimum absolute atomic E-state index is 0.327. The molecule has 0 amide bonds. The SMILES string of the molecule is CCOC(=O)c1sc2nccnc2c1N. The zero-order valence-corrected chi connectivity index (χ0v) is 8.87. The van der Waals surface area contributed by atoms with E-state index in [1.54, 1.807) is 19.3 Å². The molecule has 2 aromatic rings. The number of nitrogens with zero attached hydrogens (tertiary/aromatic N) is 2. The number of ether oxygens (including phenoxy) is 1. The van der Waals surface area contributed by atoms with Crippen molar-refractivity contribution in [3.05, 3.63) is 17.3 Å². The molecule has 6 heteroatoms. The number of carbonyl (C=O) groups is 1. The Bertz CT molecular complexity index is 509. The van der Waals surface area contributed by atoms with E-state index in [0.29, 0.717) is 27.5 Å². The van der Waals surface area contributed by atoms with Gasteiger partial charge < -0.3 is 10.5 Å². The van der Waals surface area contributed by atoms with Gasteiger partial charge in [0.15, 0.2) is 0 Å². The molecule has 0 saturated heterocycles. The summed E-state index contributed by atoms with van der Waals surface area (Å²) in [5.74, 6) is -0.417. The summed E-state index contributed by atoms with van der Waals surface area (Å²) < 4.78 is 4.87. The van der Waals surface area contributed by atoms with Crippen LogP contribution in [-0.2, 0) is 4.74 Å². The summed E-state index contributed by atoms with van der Waals surface area (Å²) in [6, 6.07) is 0. The average Bonchev–Trinajstić information content (AvgIpc) is 2.57. The van der Waals surface area contributed by atoms with Gasteiger partial charge in [0.05, 0.1) is 12.3 Å². The molecule has 2 N–H and O–H groups in total. The lowest BCUT2D eigenvalue weighted by Crippen LogP contribution is -2.04. The molecule has 0 aromatic carbocycles. The third-order valence-electron chi connectivity index (χ3n) is 1.82. The molecule has 2 rings (SSSR count). The topological polar surface area (TPSA) is 78.1 Å². The molecule has 2 heterocycles. The number of nitrogens with two attached hydrogens (primary N) is 1. The van der Waals surface area contributed by atoms with E-state index in [2.05, 4.69) is 9.97 Å². The van der Waals surface area contributed by atoms with Crippen molar-refractivity contribution in [2.45, 2.75) is 6.92 Å². The molecule has 0 aliphatic rings. The largest absolute Gasteiger partial charge is 0.462 e. The number of esters is 1. The van der Waals surface area contributed by atoms with Gasteiger partial charge in [-0.05, 0) is 6.92 Å². The van der Waals surface area contributed by atoms with E-state index in [9.17, 15) is 4.79 Å². The van der Waals surface area contributed by atoms with Crippen molar-refractivity contribution in [3.63, 3.8) is 0 Å². The number of carbonyl (C=O) groups excluding carboxylic acids is 1. The Hall–Kier alpha value is -1.69. The maximum Gasteiger partial charge on any atom is 0.350 e. The number of hydrogen-bond acceptors (Lipinski definition) is 6. The van der Waals surface area contributed by atoms with Crippen molar-refractivity contribution in [1.29, 1.82) is 0 Å². The zero-order valence-electron chi connectivity index (χ0n) is 8.06. The van der Waals surface area contributed by atoms with E-state index in [1.165, 1.54) is 11.3 Å². The van der Waals surface area contributed by atoms with Crippen LogP contribution in [0, 0.1) is 0 Å². The minimum Gasteiger partial charge on any atom is -0.462 e. The lowest BCUT2D eigenvalue weighted by molar-refractivity contribution is 0.0533. The third-order valence-corrected chi connectivity index (χ3v) is 2.91. The van der Waals surface area contributed by atoms with Gasteiger partial charge in [-0.1, -0.05) is 0 Å². The number of hydrogen-bond donors (Lipinski definition) is 1. The number of fused-ring (bicyclic) bond motifs is 1. The first-order valence-corrected chi connectivity index (χ1v) is 5.21. The highest BCUT2D eigenvalue weighted by Crippen LogP contribution is 2.30. The van der Waals surface area contributed by atoms with Gasteiger partial charge in [0.2, 0.25) is 0 Å². The van der Waals surface area contributed by atoms with E-state index in [1.807, 2.05) is 0 Å². The van der Waals surface area contributed by atoms with Gasteiger partial charge in [-0.2, -0.15) is 0 Å². The summed E-state index contributed by atoms with van der Waals surface area (Å²) in [7, 11) is 0. The van der Waals surface area contributed by atoms with Crippen LogP contribution in [0.15, 0.2) is 12.4 Å². The molecule has 0 unspecified atom stereocenters. The minimum atomic E-state index is -0.417. The first-order chi connectivity index (χ1) is 7.24. The van der Waals surface area contributed by atoms with Crippen molar-refractivity contribution in [1.82, 2.24) is 9.97 Å². The van der Waals surface area contributed by atoms with Gasteiger partial charge in [0.1, 0.15) is 15.2 Å². The maximum atomic E-state index is 11.5. The second-order valence-electron chi connectivity index (χ2n) is 2.78. The fourth-order valence-corrected chi connectivity index (χ4v) is 2.11. The van der Waals surface area contributed by atoms with Crippen molar-refractivity contribution in [2.75, 3.05) is 12.3 Å². The summed E-state index contributed by atoms with van der Waals surface area (Å²) in [5.41, 5.74) is 6.69. The number of nitrogen functional groups attached to an aromatic ring is 1. The van der Waals surface area contributed by atoms with Crippen LogP contribution in [0.25, 0.3) is 10.3 Å². The standard InChI is InChI=1S/C9H9N3O2S/c1-2-14-9(13)7-5(10)6-8(15-7)12-4-3-11-6/h3-4H,2,10H2,1H3. The van der Waals surface area contributed by atoms with Crippen LogP contribution in [0.3, 0.4) is 0 Å². The smallest absolute Gasteiger partial charge is 0.350 e. The fourth-order valence-electron chi connectivity index (χ4n) is 1.19. The Morgan fingerprint density at radius 2 is 2.27 bits per heavy atom.